The molecule has 0 fully saturated rings. The normalized spacial score (nSPS) is 10.2. The van der Waals surface area contributed by atoms with E-state index in [1.165, 1.54) is 11.2 Å². The van der Waals surface area contributed by atoms with Gasteiger partial charge in [0.25, 0.3) is 0 Å². The fraction of sp³-hybridized carbons (Fsp3) is 0.111. The van der Waals surface area contributed by atoms with Gasteiger partial charge in [0.1, 0.15) is 6.33 Å². The molecule has 1 N–H and O–H groups in total. The average molecular weight is 191 g/mol. The minimum atomic E-state index is 0.816. The Morgan fingerprint density at radius 1 is 1.38 bits per heavy atom. The number of rotatable bonds is 2. The van der Waals surface area contributed by atoms with Crippen LogP contribution < -0.4 is 0 Å². The van der Waals surface area contributed by atoms with E-state index < -0.39 is 0 Å². The van der Waals surface area contributed by atoms with Gasteiger partial charge in [-0.25, -0.2) is 4.98 Å². The third-order valence-electron chi connectivity index (χ3n) is 1.76. The molecule has 0 amide bonds. The van der Waals surface area contributed by atoms with Crippen molar-refractivity contribution < 1.29 is 0 Å². The molecular formula is C9H9N3S. The maximum Gasteiger partial charge on any atom is 0.155 e. The quantitative estimate of drug-likeness (QED) is 0.740. The molecule has 0 aliphatic heterocycles. The van der Waals surface area contributed by atoms with E-state index >= 15 is 0 Å². The molecule has 0 aliphatic carbocycles. The summed E-state index contributed by atoms with van der Waals surface area (Å²) in [7, 11) is 0. The van der Waals surface area contributed by atoms with E-state index in [9.17, 15) is 0 Å². The van der Waals surface area contributed by atoms with Crippen LogP contribution in [0.5, 0.6) is 0 Å². The zero-order valence-corrected chi connectivity index (χ0v) is 8.01. The van der Waals surface area contributed by atoms with Crippen molar-refractivity contribution in [3.8, 4) is 11.4 Å². The fourth-order valence-corrected chi connectivity index (χ4v) is 1.57. The minimum absolute atomic E-state index is 0.816. The second-order valence-corrected chi connectivity index (χ2v) is 3.45. The minimum Gasteiger partial charge on any atom is -0.259 e. The molecule has 0 atom stereocenters. The molecule has 66 valence electrons. The first-order valence-corrected chi connectivity index (χ1v) is 5.12. The molecule has 2 aromatic rings. The van der Waals surface area contributed by atoms with Gasteiger partial charge >= 0.3 is 0 Å². The first-order valence-electron chi connectivity index (χ1n) is 3.90. The van der Waals surface area contributed by atoms with Crippen molar-refractivity contribution in [3.05, 3.63) is 30.6 Å². The molecule has 2 rings (SSSR count). The number of nitrogens with one attached hydrogen (secondary N) is 1. The number of H-pyrrole nitrogens is 1. The highest BCUT2D eigenvalue weighted by Gasteiger charge is 2.00. The molecule has 1 aromatic carbocycles. The average Bonchev–Trinajstić information content (AvgIpc) is 2.71. The molecular weight excluding hydrogens is 182 g/mol. The van der Waals surface area contributed by atoms with Crippen LogP contribution in [0.15, 0.2) is 35.5 Å². The Morgan fingerprint density at radius 2 is 2.31 bits per heavy atom. The number of nitrogens with zero attached hydrogens (tertiary/aromatic N) is 2. The summed E-state index contributed by atoms with van der Waals surface area (Å²) in [6.45, 7) is 0. The largest absolute Gasteiger partial charge is 0.259 e. The van der Waals surface area contributed by atoms with E-state index in [-0.39, 0.29) is 0 Å². The fourth-order valence-electron chi connectivity index (χ4n) is 1.11. The van der Waals surface area contributed by atoms with Gasteiger partial charge in [0.05, 0.1) is 0 Å². The van der Waals surface area contributed by atoms with Crippen molar-refractivity contribution in [1.29, 1.82) is 0 Å². The summed E-state index contributed by atoms with van der Waals surface area (Å²) in [6.07, 6.45) is 3.57. The maximum atomic E-state index is 4.09. The number of aromatic nitrogens is 3. The van der Waals surface area contributed by atoms with Gasteiger partial charge in [-0.15, -0.1) is 11.8 Å². The summed E-state index contributed by atoms with van der Waals surface area (Å²) in [5.74, 6) is 0.816. The van der Waals surface area contributed by atoms with Crippen LogP contribution in [-0.2, 0) is 0 Å². The topological polar surface area (TPSA) is 41.6 Å². The predicted molar refractivity (Wildman–Crippen MR) is 53.6 cm³/mol. The lowest BCUT2D eigenvalue weighted by Gasteiger charge is -1.98. The summed E-state index contributed by atoms with van der Waals surface area (Å²) < 4.78 is 0. The zero-order chi connectivity index (χ0) is 9.10. The van der Waals surface area contributed by atoms with E-state index in [2.05, 4.69) is 33.6 Å². The molecule has 3 nitrogen and oxygen atoms in total. The van der Waals surface area contributed by atoms with E-state index in [0.29, 0.717) is 0 Å². The number of aromatic amines is 1. The molecule has 4 heteroatoms. The lowest BCUT2D eigenvalue weighted by atomic mass is 10.2. The van der Waals surface area contributed by atoms with Crippen LogP contribution in [0, 0.1) is 0 Å². The third-order valence-corrected chi connectivity index (χ3v) is 2.48. The second-order valence-electron chi connectivity index (χ2n) is 2.57. The Morgan fingerprint density at radius 3 is 3.00 bits per heavy atom. The summed E-state index contributed by atoms with van der Waals surface area (Å²) in [4.78, 5) is 5.32. The van der Waals surface area contributed by atoms with Gasteiger partial charge in [-0.05, 0) is 18.4 Å². The third kappa shape index (κ3) is 1.72. The molecule has 0 aliphatic rings. The van der Waals surface area contributed by atoms with Crippen molar-refractivity contribution in [2.24, 2.45) is 0 Å². The molecule has 1 heterocycles. The highest BCUT2D eigenvalue weighted by atomic mass is 32.2. The molecule has 13 heavy (non-hydrogen) atoms. The lowest BCUT2D eigenvalue weighted by molar-refractivity contribution is 1.09. The summed E-state index contributed by atoms with van der Waals surface area (Å²) in [6, 6.07) is 8.19. The standard InChI is InChI=1S/C9H9N3S/c1-13-8-4-2-3-7(5-8)9-10-6-11-12-9/h2-6H,1H3,(H,10,11,12). The molecule has 0 saturated heterocycles. The first-order chi connectivity index (χ1) is 6.40. The van der Waals surface area contributed by atoms with Crippen LogP contribution in [-0.4, -0.2) is 21.4 Å². The van der Waals surface area contributed by atoms with E-state index in [1.807, 2.05) is 12.1 Å². The zero-order valence-electron chi connectivity index (χ0n) is 7.19. The van der Waals surface area contributed by atoms with E-state index in [0.717, 1.165) is 11.4 Å². The number of benzene rings is 1. The smallest absolute Gasteiger partial charge is 0.155 e. The molecule has 0 saturated carbocycles. The van der Waals surface area contributed by atoms with Crippen molar-refractivity contribution in [2.75, 3.05) is 6.26 Å². The lowest BCUT2D eigenvalue weighted by Crippen LogP contribution is -1.80. The van der Waals surface area contributed by atoms with Crippen LogP contribution in [0.3, 0.4) is 0 Å². The van der Waals surface area contributed by atoms with Crippen molar-refractivity contribution >= 4 is 11.8 Å². The molecule has 0 radical (unpaired) electrons. The monoisotopic (exact) mass is 191 g/mol. The Bertz CT molecular complexity index is 384. The first kappa shape index (κ1) is 8.31. The number of thioether (sulfide) groups is 1. The van der Waals surface area contributed by atoms with Gasteiger partial charge < -0.3 is 0 Å². The van der Waals surface area contributed by atoms with Crippen molar-refractivity contribution in [1.82, 2.24) is 15.2 Å². The Balaban J connectivity index is 2.41. The van der Waals surface area contributed by atoms with Gasteiger partial charge in [0.2, 0.25) is 0 Å². The van der Waals surface area contributed by atoms with Crippen LogP contribution in [0.4, 0.5) is 0 Å². The summed E-state index contributed by atoms with van der Waals surface area (Å²) >= 11 is 1.72. The van der Waals surface area contributed by atoms with Crippen molar-refractivity contribution in [2.45, 2.75) is 4.90 Å². The number of hydrogen-bond acceptors (Lipinski definition) is 3. The van der Waals surface area contributed by atoms with Gasteiger partial charge in [-0.2, -0.15) is 5.10 Å². The predicted octanol–water partition coefficient (Wildman–Crippen LogP) is 2.19. The van der Waals surface area contributed by atoms with Crippen LogP contribution in [0.2, 0.25) is 0 Å². The molecule has 0 spiro atoms. The highest BCUT2D eigenvalue weighted by molar-refractivity contribution is 7.98. The van der Waals surface area contributed by atoms with E-state index in [4.69, 9.17) is 0 Å². The van der Waals surface area contributed by atoms with Crippen LogP contribution in [0.25, 0.3) is 11.4 Å². The summed E-state index contributed by atoms with van der Waals surface area (Å²) in [5.41, 5.74) is 1.07. The molecule has 0 bridgehead atoms. The molecule has 1 aromatic heterocycles. The van der Waals surface area contributed by atoms with E-state index in [1.54, 1.807) is 11.8 Å². The van der Waals surface area contributed by atoms with Crippen LogP contribution >= 0.6 is 11.8 Å². The maximum absolute atomic E-state index is 4.09. The van der Waals surface area contributed by atoms with Crippen LogP contribution in [0.1, 0.15) is 0 Å². The molecule has 0 unspecified atom stereocenters. The Labute approximate surface area is 80.6 Å². The van der Waals surface area contributed by atoms with Crippen molar-refractivity contribution in [3.63, 3.8) is 0 Å². The van der Waals surface area contributed by atoms with Gasteiger partial charge in [-0.3, -0.25) is 5.10 Å². The van der Waals surface area contributed by atoms with Gasteiger partial charge in [0, 0.05) is 10.5 Å². The van der Waals surface area contributed by atoms with Gasteiger partial charge in [-0.1, -0.05) is 12.1 Å². The summed E-state index contributed by atoms with van der Waals surface area (Å²) in [5, 5.41) is 6.65. The number of hydrogen-bond donors (Lipinski definition) is 1. The van der Waals surface area contributed by atoms with Gasteiger partial charge in [0.15, 0.2) is 5.82 Å². The SMILES string of the molecule is CSc1cccc(-c2ncn[nH]2)c1. The second kappa shape index (κ2) is 3.62. The Kier molecular flexibility index (Phi) is 2.31. The Hall–Kier alpha value is -1.29. The highest BCUT2D eigenvalue weighted by Crippen LogP contribution is 2.20.